The van der Waals surface area contributed by atoms with E-state index in [1.54, 1.807) is 18.1 Å². The highest BCUT2D eigenvalue weighted by Crippen LogP contribution is 2.21. The number of H-pyrrole nitrogens is 1. The van der Waals surface area contributed by atoms with Gasteiger partial charge in [0.05, 0.1) is 18.6 Å². The van der Waals surface area contributed by atoms with Crippen LogP contribution in [0.1, 0.15) is 37.9 Å². The Labute approximate surface area is 223 Å². The zero-order valence-electron chi connectivity index (χ0n) is 21.9. The molecule has 0 fully saturated rings. The Morgan fingerprint density at radius 1 is 1.19 bits per heavy atom. The van der Waals surface area contributed by atoms with E-state index in [0.29, 0.717) is 37.7 Å². The molecule has 0 bridgehead atoms. The molecular formula is C28H39N5O3S. The van der Waals surface area contributed by atoms with Crippen molar-refractivity contribution in [3.05, 3.63) is 66.2 Å². The Morgan fingerprint density at radius 3 is 2.68 bits per heavy atom. The summed E-state index contributed by atoms with van der Waals surface area (Å²) in [4.78, 5) is 34.2. The summed E-state index contributed by atoms with van der Waals surface area (Å²) in [6, 6.07) is 13.7. The second kappa shape index (κ2) is 14.8. The molecule has 0 saturated heterocycles. The maximum Gasteiger partial charge on any atom is 0.326 e. The van der Waals surface area contributed by atoms with Gasteiger partial charge >= 0.3 is 5.97 Å². The third-order valence-electron chi connectivity index (χ3n) is 6.77. The van der Waals surface area contributed by atoms with Crippen molar-refractivity contribution in [2.75, 3.05) is 25.1 Å². The highest BCUT2D eigenvalue weighted by atomic mass is 32.2. The zero-order chi connectivity index (χ0) is 26.6. The van der Waals surface area contributed by atoms with Gasteiger partial charge in [-0.2, -0.15) is 11.8 Å². The average molecular weight is 526 g/mol. The largest absolute Gasteiger partial charge is 0.480 e. The SMILES string of the molecule is CCC(C)C(CN(CC(=O)NC(CCSC)C(=O)O)Cc1cccc2ccccc12)NCc1c[nH]cn1. The predicted molar refractivity (Wildman–Crippen MR) is 150 cm³/mol. The van der Waals surface area contributed by atoms with E-state index in [4.69, 9.17) is 0 Å². The number of aromatic nitrogens is 2. The minimum absolute atomic E-state index is 0.114. The fraction of sp³-hybridized carbons (Fsp3) is 0.464. The van der Waals surface area contributed by atoms with Crippen LogP contribution in [0, 0.1) is 5.92 Å². The summed E-state index contributed by atoms with van der Waals surface area (Å²) in [5.41, 5.74) is 2.07. The number of aromatic amines is 1. The van der Waals surface area contributed by atoms with Crippen LogP contribution >= 0.6 is 11.8 Å². The Hall–Kier alpha value is -2.88. The van der Waals surface area contributed by atoms with Crippen molar-refractivity contribution in [2.24, 2.45) is 5.92 Å². The molecular weight excluding hydrogens is 486 g/mol. The quantitative estimate of drug-likeness (QED) is 0.225. The van der Waals surface area contributed by atoms with Gasteiger partial charge in [-0.05, 0) is 40.7 Å². The molecule has 0 spiro atoms. The number of carbonyl (C=O) groups is 2. The number of hydrogen-bond acceptors (Lipinski definition) is 6. The number of amides is 1. The van der Waals surface area contributed by atoms with Gasteiger partial charge in [0.25, 0.3) is 0 Å². The molecule has 1 amide bonds. The molecule has 200 valence electrons. The highest BCUT2D eigenvalue weighted by molar-refractivity contribution is 7.98. The maximum atomic E-state index is 13.1. The first-order chi connectivity index (χ1) is 17.9. The monoisotopic (exact) mass is 525 g/mol. The minimum Gasteiger partial charge on any atom is -0.480 e. The van der Waals surface area contributed by atoms with Crippen molar-refractivity contribution in [1.29, 1.82) is 0 Å². The summed E-state index contributed by atoms with van der Waals surface area (Å²) in [5.74, 6) is -0.236. The van der Waals surface area contributed by atoms with Crippen molar-refractivity contribution in [3.63, 3.8) is 0 Å². The molecule has 0 aliphatic carbocycles. The first kappa shape index (κ1) is 28.7. The van der Waals surface area contributed by atoms with Gasteiger partial charge in [-0.15, -0.1) is 0 Å². The summed E-state index contributed by atoms with van der Waals surface area (Å²) in [5, 5.41) is 18.3. The summed E-state index contributed by atoms with van der Waals surface area (Å²) in [6.45, 7) is 6.33. The Kier molecular flexibility index (Phi) is 11.4. The van der Waals surface area contributed by atoms with Gasteiger partial charge in [0, 0.05) is 31.9 Å². The molecule has 3 aromatic rings. The normalized spacial score (nSPS) is 13.9. The van der Waals surface area contributed by atoms with E-state index in [9.17, 15) is 14.7 Å². The number of nitrogens with zero attached hydrogens (tertiary/aromatic N) is 2. The van der Waals surface area contributed by atoms with Crippen LogP contribution < -0.4 is 10.6 Å². The number of benzene rings is 2. The van der Waals surface area contributed by atoms with Gasteiger partial charge in [-0.25, -0.2) is 9.78 Å². The molecule has 3 rings (SSSR count). The number of carbonyl (C=O) groups excluding carboxylic acids is 1. The fourth-order valence-electron chi connectivity index (χ4n) is 4.42. The van der Waals surface area contributed by atoms with Crippen molar-refractivity contribution >= 4 is 34.4 Å². The van der Waals surface area contributed by atoms with Crippen LogP contribution in [-0.2, 0) is 22.7 Å². The van der Waals surface area contributed by atoms with Crippen LogP contribution in [0.5, 0.6) is 0 Å². The third kappa shape index (κ3) is 8.87. The second-order valence-electron chi connectivity index (χ2n) is 9.48. The van der Waals surface area contributed by atoms with E-state index in [2.05, 4.69) is 63.6 Å². The van der Waals surface area contributed by atoms with Gasteiger partial charge in [0.1, 0.15) is 6.04 Å². The molecule has 1 heterocycles. The third-order valence-corrected chi connectivity index (χ3v) is 7.41. The van der Waals surface area contributed by atoms with Crippen LogP contribution in [-0.4, -0.2) is 69.0 Å². The number of imidazole rings is 1. The van der Waals surface area contributed by atoms with E-state index in [1.807, 2.05) is 30.7 Å². The number of nitrogens with one attached hydrogen (secondary N) is 3. The summed E-state index contributed by atoms with van der Waals surface area (Å²) < 4.78 is 0. The molecule has 3 atom stereocenters. The highest BCUT2D eigenvalue weighted by Gasteiger charge is 2.24. The van der Waals surface area contributed by atoms with E-state index < -0.39 is 12.0 Å². The first-order valence-electron chi connectivity index (χ1n) is 12.8. The molecule has 8 nitrogen and oxygen atoms in total. The van der Waals surface area contributed by atoms with Crippen molar-refractivity contribution in [3.8, 4) is 0 Å². The number of carboxylic acids is 1. The lowest BCUT2D eigenvalue weighted by molar-refractivity contribution is -0.142. The van der Waals surface area contributed by atoms with Crippen LogP contribution in [0.2, 0.25) is 0 Å². The number of thioether (sulfide) groups is 1. The van der Waals surface area contributed by atoms with Gasteiger partial charge in [-0.3, -0.25) is 9.69 Å². The lowest BCUT2D eigenvalue weighted by Crippen LogP contribution is -2.49. The Morgan fingerprint density at radius 2 is 1.97 bits per heavy atom. The number of aliphatic carboxylic acids is 1. The smallest absolute Gasteiger partial charge is 0.326 e. The van der Waals surface area contributed by atoms with E-state index in [-0.39, 0.29) is 18.5 Å². The molecule has 0 saturated carbocycles. The van der Waals surface area contributed by atoms with E-state index in [0.717, 1.165) is 28.5 Å². The van der Waals surface area contributed by atoms with Crippen molar-refractivity contribution in [1.82, 2.24) is 25.5 Å². The topological polar surface area (TPSA) is 110 Å². The number of fused-ring (bicyclic) bond motifs is 1. The van der Waals surface area contributed by atoms with Crippen LogP contribution in [0.25, 0.3) is 10.8 Å². The van der Waals surface area contributed by atoms with Gasteiger partial charge in [0.2, 0.25) is 5.91 Å². The summed E-state index contributed by atoms with van der Waals surface area (Å²) >= 11 is 1.57. The average Bonchev–Trinajstić information content (AvgIpc) is 3.42. The maximum absolute atomic E-state index is 13.1. The van der Waals surface area contributed by atoms with Crippen LogP contribution in [0.15, 0.2) is 55.0 Å². The second-order valence-corrected chi connectivity index (χ2v) is 10.5. The lowest BCUT2D eigenvalue weighted by atomic mass is 9.97. The van der Waals surface area contributed by atoms with Gasteiger partial charge in [-0.1, -0.05) is 62.7 Å². The van der Waals surface area contributed by atoms with Crippen LogP contribution in [0.4, 0.5) is 0 Å². The first-order valence-corrected chi connectivity index (χ1v) is 14.2. The molecule has 1 aromatic heterocycles. The number of hydrogen-bond donors (Lipinski definition) is 4. The van der Waals surface area contributed by atoms with Crippen LogP contribution in [0.3, 0.4) is 0 Å². The summed E-state index contributed by atoms with van der Waals surface area (Å²) in [6.07, 6.45) is 6.86. The molecule has 0 radical (unpaired) electrons. The molecule has 0 aliphatic rings. The lowest BCUT2D eigenvalue weighted by Gasteiger charge is -2.31. The standard InChI is InChI=1S/C28H39N5O3S/c1-4-20(2)26(30-15-23-14-29-19-31-23)17-33(18-27(34)32-25(28(35)36)12-13-37-3)16-22-10-7-9-21-8-5-6-11-24(21)22/h5-11,14,19-20,25-26,30H,4,12-13,15-18H2,1-3H3,(H,29,31)(H,32,34)(H,35,36). The Bertz CT molecular complexity index is 1120. The summed E-state index contributed by atoms with van der Waals surface area (Å²) in [7, 11) is 0. The zero-order valence-corrected chi connectivity index (χ0v) is 22.8. The number of carboxylic acid groups (broad SMARTS) is 1. The predicted octanol–water partition coefficient (Wildman–Crippen LogP) is 3.89. The van der Waals surface area contributed by atoms with Gasteiger partial charge < -0.3 is 20.7 Å². The Balaban J connectivity index is 1.80. The van der Waals surface area contributed by atoms with E-state index in [1.165, 1.54) is 0 Å². The molecule has 3 unspecified atom stereocenters. The molecule has 9 heteroatoms. The molecule has 2 aromatic carbocycles. The van der Waals surface area contributed by atoms with Crippen molar-refractivity contribution < 1.29 is 14.7 Å². The molecule has 0 aliphatic heterocycles. The molecule has 4 N–H and O–H groups in total. The number of rotatable bonds is 16. The van der Waals surface area contributed by atoms with E-state index >= 15 is 0 Å². The molecule has 37 heavy (non-hydrogen) atoms. The fourth-order valence-corrected chi connectivity index (χ4v) is 4.90. The minimum atomic E-state index is -0.999. The van der Waals surface area contributed by atoms with Crippen molar-refractivity contribution in [2.45, 2.75) is 51.9 Å². The van der Waals surface area contributed by atoms with Gasteiger partial charge in [0.15, 0.2) is 0 Å².